The van der Waals surface area contributed by atoms with E-state index in [1.54, 1.807) is 0 Å². The fourth-order valence-electron chi connectivity index (χ4n) is 6.76. The summed E-state index contributed by atoms with van der Waals surface area (Å²) in [4.78, 5) is 9.94. The maximum atomic E-state index is 8.75. The van der Waals surface area contributed by atoms with Crippen LogP contribution in [-0.4, -0.2) is 19.1 Å². The first-order valence-corrected chi connectivity index (χ1v) is 18.2. The molecular formula is C47H45N5OPt-2. The van der Waals surface area contributed by atoms with Crippen molar-refractivity contribution in [3.8, 4) is 28.8 Å². The number of nitrogens with zero attached hydrogens (tertiary/aromatic N) is 5. The van der Waals surface area contributed by atoms with Crippen LogP contribution in [0.5, 0.6) is 11.5 Å². The Hall–Kier alpha value is -5.06. The number of pyridine rings is 2. The van der Waals surface area contributed by atoms with E-state index in [0.29, 0.717) is 22.9 Å². The van der Waals surface area contributed by atoms with Crippen molar-refractivity contribution in [1.82, 2.24) is 19.1 Å². The van der Waals surface area contributed by atoms with E-state index in [0.717, 1.165) is 50.0 Å². The molecule has 0 fully saturated rings. The average Bonchev–Trinajstić information content (AvgIpc) is 3.70. The van der Waals surface area contributed by atoms with Gasteiger partial charge < -0.3 is 9.30 Å². The zero-order chi connectivity index (χ0) is 38.9. The van der Waals surface area contributed by atoms with Gasteiger partial charge in [-0.05, 0) is 75.8 Å². The Bertz CT molecular complexity index is 2730. The van der Waals surface area contributed by atoms with Crippen LogP contribution < -0.4 is 9.30 Å². The zero-order valence-electron chi connectivity index (χ0n) is 33.9. The van der Waals surface area contributed by atoms with Gasteiger partial charge in [-0.25, -0.2) is 4.98 Å². The third kappa shape index (κ3) is 7.12. The SMILES string of the molecule is [2H]C([2H])(c1cccc(-[n+]2[c-]n(-c3[c-]c(Oc4[c-]c5c(cc4)c4ccccc4n5-c4cc(C(C)(C)C)ccn4)cc(C(C)(C)C)n3)c3ccccc32)c1)C(C)C.[Pt]. The van der Waals surface area contributed by atoms with Crippen molar-refractivity contribution >= 4 is 32.8 Å². The molecule has 4 aromatic carbocycles. The molecule has 4 aromatic heterocycles. The van der Waals surface area contributed by atoms with E-state index >= 15 is 0 Å². The number of benzene rings is 4. The molecule has 6 nitrogen and oxygen atoms in total. The molecule has 0 N–H and O–H groups in total. The van der Waals surface area contributed by atoms with E-state index < -0.39 is 6.37 Å². The van der Waals surface area contributed by atoms with Gasteiger partial charge in [0.2, 0.25) is 0 Å². The number of rotatable bonds is 7. The van der Waals surface area contributed by atoms with Gasteiger partial charge in [-0.15, -0.1) is 23.6 Å². The summed E-state index contributed by atoms with van der Waals surface area (Å²) in [5.74, 6) is 2.22. The Balaban J connectivity index is 0.00000480. The molecule has 0 aliphatic heterocycles. The van der Waals surface area contributed by atoms with E-state index in [4.69, 9.17) is 17.4 Å². The number of para-hydroxylation sites is 3. The fraction of sp³-hybridized carbons (Fsp3) is 0.255. The normalized spacial score (nSPS) is 13.0. The molecule has 0 atom stereocenters. The molecule has 4 heterocycles. The molecule has 276 valence electrons. The molecule has 0 bridgehead atoms. The predicted octanol–water partition coefficient (Wildman–Crippen LogP) is 10.8. The summed E-state index contributed by atoms with van der Waals surface area (Å²) in [5, 5.41) is 2.18. The topological polar surface area (TPSA) is 48.8 Å². The van der Waals surface area contributed by atoms with E-state index in [1.807, 2.05) is 89.8 Å². The number of imidazole rings is 1. The second-order valence-corrected chi connectivity index (χ2v) is 16.0. The van der Waals surface area contributed by atoms with Gasteiger partial charge in [-0.1, -0.05) is 121 Å². The predicted molar refractivity (Wildman–Crippen MR) is 214 cm³/mol. The Morgan fingerprint density at radius 2 is 1.54 bits per heavy atom. The molecule has 0 amide bonds. The van der Waals surface area contributed by atoms with Crippen LogP contribution in [0.15, 0.2) is 109 Å². The Labute approximate surface area is 335 Å². The first-order chi connectivity index (χ1) is 26.1. The van der Waals surface area contributed by atoms with Crippen LogP contribution in [0, 0.1) is 24.4 Å². The zero-order valence-corrected chi connectivity index (χ0v) is 34.2. The standard InChI is InChI=1S/C47H45N5O.Pt/c1-31(2)24-32-14-13-15-34(25-32)50-30-51(41-19-12-11-18-40(41)50)45-29-36(28-43(49-45)47(6,7)8)53-35-20-21-38-37-16-9-10-17-39(37)52(42(38)27-35)44-26-33(22-23-48-44)46(3,4)5;/h9-23,25-26,28,31H,24H2,1-8H3;/q-2;/i24D2;. The molecule has 54 heavy (non-hydrogen) atoms. The Kier molecular flexibility index (Phi) is 9.19. The summed E-state index contributed by atoms with van der Waals surface area (Å²) in [6.07, 6.45) is 3.92. The van der Waals surface area contributed by atoms with Crippen LogP contribution in [0.1, 0.15) is 75.0 Å². The van der Waals surface area contributed by atoms with Crippen LogP contribution in [-0.2, 0) is 38.3 Å². The maximum absolute atomic E-state index is 8.75. The monoisotopic (exact) mass is 892 g/mol. The third-order valence-electron chi connectivity index (χ3n) is 9.45. The van der Waals surface area contributed by atoms with Gasteiger partial charge in [0.15, 0.2) is 0 Å². The van der Waals surface area contributed by atoms with Crippen LogP contribution in [0.4, 0.5) is 0 Å². The summed E-state index contributed by atoms with van der Waals surface area (Å²) in [7, 11) is 0. The number of hydrogen-bond acceptors (Lipinski definition) is 3. The van der Waals surface area contributed by atoms with Crippen LogP contribution >= 0.6 is 0 Å². The van der Waals surface area contributed by atoms with E-state index in [2.05, 4.69) is 107 Å². The van der Waals surface area contributed by atoms with Crippen molar-refractivity contribution in [2.75, 3.05) is 0 Å². The smallest absolute Gasteiger partial charge is 0.269 e. The van der Waals surface area contributed by atoms with E-state index in [-0.39, 0.29) is 37.8 Å². The first kappa shape index (κ1) is 34.7. The van der Waals surface area contributed by atoms with Gasteiger partial charge in [0, 0.05) is 41.3 Å². The summed E-state index contributed by atoms with van der Waals surface area (Å²) in [6.45, 7) is 16.8. The molecule has 0 aliphatic rings. The second kappa shape index (κ2) is 14.3. The largest absolute Gasteiger partial charge is 0.522 e. The van der Waals surface area contributed by atoms with Gasteiger partial charge in [-0.2, -0.15) is 12.1 Å². The van der Waals surface area contributed by atoms with Crippen molar-refractivity contribution in [3.63, 3.8) is 0 Å². The minimum Gasteiger partial charge on any atom is -0.522 e. The van der Waals surface area contributed by atoms with Gasteiger partial charge in [0.25, 0.3) is 6.33 Å². The molecule has 0 saturated heterocycles. The van der Waals surface area contributed by atoms with Gasteiger partial charge in [0.1, 0.15) is 5.82 Å². The summed E-state index contributed by atoms with van der Waals surface area (Å²) in [6, 6.07) is 41.3. The maximum Gasteiger partial charge on any atom is 0.269 e. The van der Waals surface area contributed by atoms with Crippen molar-refractivity contribution in [2.24, 2.45) is 5.92 Å². The van der Waals surface area contributed by atoms with Gasteiger partial charge in [-0.3, -0.25) is 14.1 Å². The van der Waals surface area contributed by atoms with Crippen molar-refractivity contribution in [3.05, 3.63) is 145 Å². The summed E-state index contributed by atoms with van der Waals surface area (Å²) < 4.78 is 30.2. The number of aromatic nitrogens is 5. The molecule has 0 saturated carbocycles. The fourth-order valence-corrected chi connectivity index (χ4v) is 6.76. The molecular weight excluding hydrogens is 846 g/mol. The van der Waals surface area contributed by atoms with Crippen molar-refractivity contribution in [1.29, 1.82) is 0 Å². The minimum absolute atomic E-state index is 0. The second-order valence-electron chi connectivity index (χ2n) is 16.0. The molecule has 8 aromatic rings. The van der Waals surface area contributed by atoms with Crippen molar-refractivity contribution in [2.45, 2.75) is 72.6 Å². The van der Waals surface area contributed by atoms with Gasteiger partial charge in [0.05, 0.1) is 22.5 Å². The molecule has 7 heteroatoms. The summed E-state index contributed by atoms with van der Waals surface area (Å²) in [5.41, 5.74) is 6.82. The molecule has 0 unspecified atom stereocenters. The summed E-state index contributed by atoms with van der Waals surface area (Å²) >= 11 is 0. The average molecular weight is 893 g/mol. The third-order valence-corrected chi connectivity index (χ3v) is 9.45. The molecule has 0 aliphatic carbocycles. The van der Waals surface area contributed by atoms with Crippen molar-refractivity contribution < 1.29 is 33.1 Å². The molecule has 0 radical (unpaired) electrons. The van der Waals surface area contributed by atoms with Crippen LogP contribution in [0.25, 0.3) is 50.2 Å². The first-order valence-electron chi connectivity index (χ1n) is 19.2. The number of fused-ring (bicyclic) bond motifs is 4. The number of hydrogen-bond donors (Lipinski definition) is 0. The minimum atomic E-state index is -1.49. The quantitative estimate of drug-likeness (QED) is 0.118. The Morgan fingerprint density at radius 1 is 0.778 bits per heavy atom. The number of ether oxygens (including phenoxy) is 1. The molecule has 8 rings (SSSR count). The van der Waals surface area contributed by atoms with Crippen LogP contribution in [0.3, 0.4) is 0 Å². The Morgan fingerprint density at radius 3 is 2.30 bits per heavy atom. The van der Waals surface area contributed by atoms with E-state index in [1.165, 1.54) is 5.56 Å². The van der Waals surface area contributed by atoms with Gasteiger partial charge >= 0.3 is 0 Å². The van der Waals surface area contributed by atoms with Crippen LogP contribution in [0.2, 0.25) is 0 Å². The van der Waals surface area contributed by atoms with E-state index in [9.17, 15) is 0 Å². The molecule has 0 spiro atoms.